The van der Waals surface area contributed by atoms with E-state index in [2.05, 4.69) is 5.32 Å². The summed E-state index contributed by atoms with van der Waals surface area (Å²) in [6.07, 6.45) is 1.50. The molecule has 6 nitrogen and oxygen atoms in total. The molecule has 0 saturated heterocycles. The molecule has 0 saturated carbocycles. The minimum atomic E-state index is -3.75. The molecule has 8 heteroatoms. The minimum Gasteiger partial charge on any atom is -0.495 e. The summed E-state index contributed by atoms with van der Waals surface area (Å²) >= 11 is 6.03. The average Bonchev–Trinajstić information content (AvgIpc) is 3.14. The molecule has 31 heavy (non-hydrogen) atoms. The van der Waals surface area contributed by atoms with E-state index < -0.39 is 9.84 Å². The first-order valence-electron chi connectivity index (χ1n) is 9.41. The van der Waals surface area contributed by atoms with Gasteiger partial charge >= 0.3 is 0 Å². The number of nitrogens with one attached hydrogen (secondary N) is 1. The molecule has 1 heterocycles. The van der Waals surface area contributed by atoms with Crippen molar-refractivity contribution in [3.8, 4) is 5.75 Å². The van der Waals surface area contributed by atoms with Gasteiger partial charge in [-0.05, 0) is 36.4 Å². The maximum atomic E-state index is 13.2. The largest absolute Gasteiger partial charge is 0.495 e. The van der Waals surface area contributed by atoms with E-state index in [1.54, 1.807) is 77.4 Å². The molecule has 0 aliphatic rings. The van der Waals surface area contributed by atoms with Gasteiger partial charge in [-0.1, -0.05) is 48.0 Å². The van der Waals surface area contributed by atoms with Crippen molar-refractivity contribution in [2.75, 3.05) is 12.4 Å². The third-order valence-electron chi connectivity index (χ3n) is 4.84. The number of benzene rings is 3. The Morgan fingerprint density at radius 2 is 1.74 bits per heavy atom. The van der Waals surface area contributed by atoms with Crippen molar-refractivity contribution >= 4 is 43.9 Å². The van der Waals surface area contributed by atoms with Crippen LogP contribution in [0.3, 0.4) is 0 Å². The molecule has 0 aliphatic heterocycles. The van der Waals surface area contributed by atoms with Gasteiger partial charge in [0.1, 0.15) is 12.3 Å². The molecule has 0 aliphatic carbocycles. The van der Waals surface area contributed by atoms with Crippen LogP contribution < -0.4 is 10.1 Å². The highest BCUT2D eigenvalue weighted by molar-refractivity contribution is 7.91. The Morgan fingerprint density at radius 3 is 2.48 bits per heavy atom. The van der Waals surface area contributed by atoms with Crippen molar-refractivity contribution in [2.24, 2.45) is 0 Å². The summed E-state index contributed by atoms with van der Waals surface area (Å²) in [6.45, 7) is -0.0828. The van der Waals surface area contributed by atoms with Gasteiger partial charge in [-0.3, -0.25) is 4.79 Å². The fourth-order valence-corrected chi connectivity index (χ4v) is 5.08. The summed E-state index contributed by atoms with van der Waals surface area (Å²) in [5.41, 5.74) is 1.08. The summed E-state index contributed by atoms with van der Waals surface area (Å²) in [4.78, 5) is 13.1. The number of para-hydroxylation sites is 1. The van der Waals surface area contributed by atoms with E-state index in [4.69, 9.17) is 16.3 Å². The smallest absolute Gasteiger partial charge is 0.244 e. The molecule has 0 fully saturated rings. The zero-order valence-corrected chi connectivity index (χ0v) is 18.2. The summed E-state index contributed by atoms with van der Waals surface area (Å²) in [7, 11) is -2.25. The quantitative estimate of drug-likeness (QED) is 0.455. The number of amides is 1. The second-order valence-electron chi connectivity index (χ2n) is 6.85. The standard InChI is InChI=1S/C23H19ClN2O4S/c1-30-21-12-11-16(24)13-19(21)25-23(27)15-26-14-22(18-9-5-6-10-20(18)26)31(28,29)17-7-3-2-4-8-17/h2-14H,15H2,1H3,(H,25,27). The van der Waals surface area contributed by atoms with Gasteiger partial charge in [0.05, 0.1) is 22.6 Å². The van der Waals surface area contributed by atoms with Crippen molar-refractivity contribution < 1.29 is 17.9 Å². The highest BCUT2D eigenvalue weighted by atomic mass is 35.5. The number of carbonyl (C=O) groups is 1. The fraction of sp³-hybridized carbons (Fsp3) is 0.0870. The molecule has 1 aromatic heterocycles. The number of hydrogen-bond donors (Lipinski definition) is 1. The number of halogens is 1. The van der Waals surface area contributed by atoms with E-state index in [-0.39, 0.29) is 22.2 Å². The number of hydrogen-bond acceptors (Lipinski definition) is 4. The molecule has 0 radical (unpaired) electrons. The van der Waals surface area contributed by atoms with Gasteiger partial charge < -0.3 is 14.6 Å². The SMILES string of the molecule is COc1ccc(Cl)cc1NC(=O)Cn1cc(S(=O)(=O)c2ccccc2)c2ccccc21. The Labute approximate surface area is 184 Å². The van der Waals surface area contributed by atoms with Crippen LogP contribution in [0.15, 0.2) is 88.8 Å². The third-order valence-corrected chi connectivity index (χ3v) is 6.88. The van der Waals surface area contributed by atoms with E-state index in [0.29, 0.717) is 27.4 Å². The lowest BCUT2D eigenvalue weighted by atomic mass is 10.2. The van der Waals surface area contributed by atoms with Crippen LogP contribution in [-0.2, 0) is 21.2 Å². The van der Waals surface area contributed by atoms with E-state index >= 15 is 0 Å². The number of carbonyl (C=O) groups excluding carboxylic acids is 1. The van der Waals surface area contributed by atoms with E-state index in [1.165, 1.54) is 13.3 Å². The molecule has 158 valence electrons. The van der Waals surface area contributed by atoms with Crippen molar-refractivity contribution in [2.45, 2.75) is 16.3 Å². The first-order valence-corrected chi connectivity index (χ1v) is 11.3. The number of nitrogens with zero attached hydrogens (tertiary/aromatic N) is 1. The zero-order valence-electron chi connectivity index (χ0n) is 16.6. The Balaban J connectivity index is 1.70. The molecule has 1 N–H and O–H groups in total. The Morgan fingerprint density at radius 1 is 1.03 bits per heavy atom. The van der Waals surface area contributed by atoms with Crippen LogP contribution in [0.5, 0.6) is 5.75 Å². The van der Waals surface area contributed by atoms with Gasteiger partial charge in [0, 0.05) is 22.1 Å². The molecular weight excluding hydrogens is 436 g/mol. The minimum absolute atomic E-state index is 0.0828. The number of fused-ring (bicyclic) bond motifs is 1. The number of sulfone groups is 1. The lowest BCUT2D eigenvalue weighted by Crippen LogP contribution is -2.18. The van der Waals surface area contributed by atoms with Crippen LogP contribution in [0.2, 0.25) is 5.02 Å². The predicted molar refractivity (Wildman–Crippen MR) is 120 cm³/mol. The van der Waals surface area contributed by atoms with Crippen molar-refractivity contribution in [3.63, 3.8) is 0 Å². The number of rotatable bonds is 6. The van der Waals surface area contributed by atoms with E-state index in [1.807, 2.05) is 0 Å². The van der Waals surface area contributed by atoms with Gasteiger partial charge in [-0.15, -0.1) is 0 Å². The highest BCUT2D eigenvalue weighted by Gasteiger charge is 2.23. The van der Waals surface area contributed by atoms with Crippen molar-refractivity contribution in [1.29, 1.82) is 0 Å². The normalized spacial score (nSPS) is 11.4. The number of methoxy groups -OCH3 is 1. The van der Waals surface area contributed by atoms with E-state index in [9.17, 15) is 13.2 Å². The zero-order chi connectivity index (χ0) is 22.0. The lowest BCUT2D eigenvalue weighted by Gasteiger charge is -2.11. The number of ether oxygens (including phenoxy) is 1. The lowest BCUT2D eigenvalue weighted by molar-refractivity contribution is -0.116. The second-order valence-corrected chi connectivity index (χ2v) is 9.20. The van der Waals surface area contributed by atoms with Crippen LogP contribution in [0, 0.1) is 0 Å². The third kappa shape index (κ3) is 4.15. The van der Waals surface area contributed by atoms with E-state index in [0.717, 1.165) is 0 Å². The van der Waals surface area contributed by atoms with Gasteiger partial charge in [0.2, 0.25) is 15.7 Å². The topological polar surface area (TPSA) is 77.4 Å². The second kappa shape index (κ2) is 8.45. The van der Waals surface area contributed by atoms with Crippen molar-refractivity contribution in [1.82, 2.24) is 4.57 Å². The molecule has 0 atom stereocenters. The van der Waals surface area contributed by atoms with Gasteiger partial charge in [-0.25, -0.2) is 8.42 Å². The predicted octanol–water partition coefficient (Wildman–Crippen LogP) is 4.77. The fourth-order valence-electron chi connectivity index (χ4n) is 3.41. The van der Waals surface area contributed by atoms with Crippen LogP contribution in [-0.4, -0.2) is 26.0 Å². The van der Waals surface area contributed by atoms with Gasteiger partial charge in [-0.2, -0.15) is 0 Å². The Hall–Kier alpha value is -3.29. The molecule has 4 rings (SSSR count). The highest BCUT2D eigenvalue weighted by Crippen LogP contribution is 2.31. The molecule has 0 bridgehead atoms. The molecule has 1 amide bonds. The molecule has 3 aromatic carbocycles. The summed E-state index contributed by atoms with van der Waals surface area (Å²) in [5, 5.41) is 3.79. The van der Waals surface area contributed by atoms with Crippen LogP contribution >= 0.6 is 11.6 Å². The maximum absolute atomic E-state index is 13.2. The molecule has 0 spiro atoms. The Bertz CT molecular complexity index is 1370. The van der Waals surface area contributed by atoms with Crippen LogP contribution in [0.1, 0.15) is 0 Å². The Kier molecular flexibility index (Phi) is 5.71. The summed E-state index contributed by atoms with van der Waals surface area (Å²) in [6, 6.07) is 20.2. The first-order chi connectivity index (χ1) is 14.9. The van der Waals surface area contributed by atoms with Crippen molar-refractivity contribution in [3.05, 3.63) is 84.0 Å². The maximum Gasteiger partial charge on any atom is 0.244 e. The number of anilines is 1. The molecule has 4 aromatic rings. The summed E-state index contributed by atoms with van der Waals surface area (Å²) < 4.78 is 33.3. The average molecular weight is 455 g/mol. The van der Waals surface area contributed by atoms with Gasteiger partial charge in [0.15, 0.2) is 0 Å². The number of aromatic nitrogens is 1. The molecular formula is C23H19ClN2O4S. The monoisotopic (exact) mass is 454 g/mol. The van der Waals surface area contributed by atoms with Crippen LogP contribution in [0.4, 0.5) is 5.69 Å². The van der Waals surface area contributed by atoms with Crippen LogP contribution in [0.25, 0.3) is 10.9 Å². The molecule has 0 unspecified atom stereocenters. The summed E-state index contributed by atoms with van der Waals surface area (Å²) in [5.74, 6) is 0.132. The van der Waals surface area contributed by atoms with Gasteiger partial charge in [0.25, 0.3) is 0 Å². The first kappa shape index (κ1) is 21.0.